The van der Waals surface area contributed by atoms with E-state index in [1.54, 1.807) is 6.26 Å². The number of para-hydroxylation sites is 1. The zero-order chi connectivity index (χ0) is 11.3. The summed E-state index contributed by atoms with van der Waals surface area (Å²) in [5, 5.41) is 3.43. The fourth-order valence-electron chi connectivity index (χ4n) is 1.22. The Morgan fingerprint density at radius 1 is 1.47 bits per heavy atom. The van der Waals surface area contributed by atoms with Crippen molar-refractivity contribution >= 4 is 16.5 Å². The van der Waals surface area contributed by atoms with Gasteiger partial charge in [-0.1, -0.05) is 18.2 Å². The average Bonchev–Trinajstić information content (AvgIpc) is 2.20. The maximum atomic E-state index is 11.1. The van der Waals surface area contributed by atoms with E-state index in [9.17, 15) is 4.21 Å². The summed E-state index contributed by atoms with van der Waals surface area (Å²) < 4.78 is 11.1. The Morgan fingerprint density at radius 2 is 2.13 bits per heavy atom. The molecule has 0 fully saturated rings. The van der Waals surface area contributed by atoms with Gasteiger partial charge >= 0.3 is 0 Å². The highest BCUT2D eigenvalue weighted by Gasteiger charge is 2.05. The normalized spacial score (nSPS) is 14.8. The third-order valence-electron chi connectivity index (χ3n) is 2.37. The number of anilines is 1. The molecule has 0 amide bonds. The lowest BCUT2D eigenvalue weighted by Crippen LogP contribution is -2.27. The van der Waals surface area contributed by atoms with E-state index in [1.165, 1.54) is 0 Å². The van der Waals surface area contributed by atoms with Crippen molar-refractivity contribution in [2.24, 2.45) is 0 Å². The minimum absolute atomic E-state index is 0.176. The number of nitrogens with one attached hydrogen (secondary N) is 1. The molecular weight excluding hydrogens is 208 g/mol. The molecule has 0 aliphatic carbocycles. The summed E-state index contributed by atoms with van der Waals surface area (Å²) in [7, 11) is -0.767. The quantitative estimate of drug-likeness (QED) is 0.740. The lowest BCUT2D eigenvalue weighted by Gasteiger charge is -2.10. The number of rotatable bonds is 5. The lowest BCUT2D eigenvalue weighted by molar-refractivity contribution is 0.647. The molecule has 1 rings (SSSR count). The molecule has 0 aliphatic heterocycles. The minimum atomic E-state index is -0.767. The highest BCUT2D eigenvalue weighted by Crippen LogP contribution is 2.09. The Kier molecular flexibility index (Phi) is 4.78. The Bertz CT molecular complexity index is 341. The number of hydrogen-bond acceptors (Lipinski definition) is 3. The molecule has 0 heterocycles. The second kappa shape index (κ2) is 5.88. The molecule has 0 bridgehead atoms. The average molecular weight is 226 g/mol. The van der Waals surface area contributed by atoms with Crippen LogP contribution in [0.2, 0.25) is 0 Å². The Morgan fingerprint density at radius 3 is 2.73 bits per heavy atom. The van der Waals surface area contributed by atoms with Crippen molar-refractivity contribution in [2.75, 3.05) is 18.5 Å². The molecule has 0 aromatic heterocycles. The highest BCUT2D eigenvalue weighted by molar-refractivity contribution is 7.84. The first-order valence-corrected chi connectivity index (χ1v) is 6.59. The molecule has 3 N–H and O–H groups in total. The summed E-state index contributed by atoms with van der Waals surface area (Å²) in [6.07, 6.45) is 1.73. The fraction of sp³-hybridized carbons (Fsp3) is 0.455. The first-order valence-electron chi connectivity index (χ1n) is 4.97. The maximum absolute atomic E-state index is 11.1. The zero-order valence-electron chi connectivity index (χ0n) is 9.19. The number of nitrogen functional groups attached to an aromatic ring is 1. The first-order chi connectivity index (χ1) is 7.11. The summed E-state index contributed by atoms with van der Waals surface area (Å²) >= 11 is 0. The monoisotopic (exact) mass is 226 g/mol. The first kappa shape index (κ1) is 12.2. The van der Waals surface area contributed by atoms with Crippen molar-refractivity contribution in [3.8, 4) is 0 Å². The molecule has 0 aliphatic rings. The molecule has 1 aromatic rings. The molecule has 0 saturated heterocycles. The molecule has 0 spiro atoms. The molecule has 15 heavy (non-hydrogen) atoms. The second-order valence-electron chi connectivity index (χ2n) is 3.64. The van der Waals surface area contributed by atoms with Gasteiger partial charge in [-0.15, -0.1) is 0 Å². The van der Waals surface area contributed by atoms with Gasteiger partial charge in [0.15, 0.2) is 0 Å². The van der Waals surface area contributed by atoms with Gasteiger partial charge in [-0.3, -0.25) is 4.21 Å². The van der Waals surface area contributed by atoms with Crippen molar-refractivity contribution in [1.29, 1.82) is 0 Å². The van der Waals surface area contributed by atoms with Gasteiger partial charge in [0, 0.05) is 41.1 Å². The van der Waals surface area contributed by atoms with Gasteiger partial charge in [-0.05, 0) is 18.6 Å². The molecule has 2 atom stereocenters. The van der Waals surface area contributed by atoms with Crippen molar-refractivity contribution in [1.82, 2.24) is 5.32 Å². The van der Waals surface area contributed by atoms with E-state index in [4.69, 9.17) is 5.73 Å². The molecule has 4 heteroatoms. The van der Waals surface area contributed by atoms with Crippen LogP contribution in [-0.2, 0) is 17.3 Å². The summed E-state index contributed by atoms with van der Waals surface area (Å²) in [4.78, 5) is 0. The lowest BCUT2D eigenvalue weighted by atomic mass is 10.2. The van der Waals surface area contributed by atoms with Crippen LogP contribution in [0.25, 0.3) is 0 Å². The van der Waals surface area contributed by atoms with Gasteiger partial charge in [-0.25, -0.2) is 0 Å². The van der Waals surface area contributed by atoms with Gasteiger partial charge in [0.05, 0.1) is 0 Å². The molecule has 84 valence electrons. The van der Waals surface area contributed by atoms with Crippen LogP contribution in [0.4, 0.5) is 5.69 Å². The van der Waals surface area contributed by atoms with Crippen LogP contribution in [0.5, 0.6) is 0 Å². The van der Waals surface area contributed by atoms with Gasteiger partial charge in [0.1, 0.15) is 0 Å². The molecule has 0 radical (unpaired) electrons. The smallest absolute Gasteiger partial charge is 0.0441 e. The van der Waals surface area contributed by atoms with Gasteiger partial charge in [0.25, 0.3) is 0 Å². The maximum Gasteiger partial charge on any atom is 0.0441 e. The minimum Gasteiger partial charge on any atom is -0.398 e. The van der Waals surface area contributed by atoms with Crippen LogP contribution < -0.4 is 11.1 Å². The van der Waals surface area contributed by atoms with E-state index in [2.05, 4.69) is 5.32 Å². The number of benzene rings is 1. The van der Waals surface area contributed by atoms with Crippen LogP contribution in [0.1, 0.15) is 12.5 Å². The van der Waals surface area contributed by atoms with Crippen LogP contribution >= 0.6 is 0 Å². The molecule has 0 saturated carbocycles. The number of hydrogen-bond donors (Lipinski definition) is 2. The molecule has 3 nitrogen and oxygen atoms in total. The fourth-order valence-corrected chi connectivity index (χ4v) is 1.58. The Hall–Kier alpha value is -0.870. The van der Waals surface area contributed by atoms with Gasteiger partial charge in [-0.2, -0.15) is 0 Å². The Balaban J connectivity index is 2.38. The van der Waals surface area contributed by atoms with Crippen molar-refractivity contribution in [3.63, 3.8) is 0 Å². The van der Waals surface area contributed by atoms with Crippen LogP contribution in [-0.4, -0.2) is 22.3 Å². The second-order valence-corrected chi connectivity index (χ2v) is 5.44. The van der Waals surface area contributed by atoms with Crippen LogP contribution in [0, 0.1) is 0 Å². The van der Waals surface area contributed by atoms with Crippen molar-refractivity contribution < 1.29 is 4.21 Å². The van der Waals surface area contributed by atoms with E-state index in [-0.39, 0.29) is 5.25 Å². The topological polar surface area (TPSA) is 55.1 Å². The summed E-state index contributed by atoms with van der Waals surface area (Å²) in [6, 6.07) is 7.77. The van der Waals surface area contributed by atoms with Crippen molar-refractivity contribution in [3.05, 3.63) is 29.8 Å². The van der Waals surface area contributed by atoms with Crippen LogP contribution in [0.3, 0.4) is 0 Å². The summed E-state index contributed by atoms with van der Waals surface area (Å²) in [5.41, 5.74) is 7.69. The predicted molar refractivity (Wildman–Crippen MR) is 66.1 cm³/mol. The molecular formula is C11H18N2OS. The van der Waals surface area contributed by atoms with E-state index < -0.39 is 10.8 Å². The number of nitrogens with two attached hydrogens (primary N) is 1. The summed E-state index contributed by atoms with van der Waals surface area (Å²) in [5.74, 6) is 0. The van der Waals surface area contributed by atoms with Gasteiger partial charge in [0.2, 0.25) is 0 Å². The Labute approximate surface area is 93.5 Å². The molecule has 1 aromatic carbocycles. The van der Waals surface area contributed by atoms with Gasteiger partial charge < -0.3 is 11.1 Å². The van der Waals surface area contributed by atoms with E-state index in [0.29, 0.717) is 0 Å². The standard InChI is InChI=1S/C11H18N2OS/c1-9(15(2)14)7-13-8-10-5-3-4-6-11(10)12/h3-6,9,13H,7-8,12H2,1-2H3. The third kappa shape index (κ3) is 4.01. The van der Waals surface area contributed by atoms with E-state index in [0.717, 1.165) is 24.3 Å². The molecule has 2 unspecified atom stereocenters. The summed E-state index contributed by atoms with van der Waals surface area (Å²) in [6.45, 7) is 3.45. The predicted octanol–water partition coefficient (Wildman–Crippen LogP) is 1.13. The highest BCUT2D eigenvalue weighted by atomic mass is 32.2. The van der Waals surface area contributed by atoms with E-state index in [1.807, 2.05) is 31.2 Å². The van der Waals surface area contributed by atoms with Crippen LogP contribution in [0.15, 0.2) is 24.3 Å². The zero-order valence-corrected chi connectivity index (χ0v) is 10.0. The van der Waals surface area contributed by atoms with Crippen molar-refractivity contribution in [2.45, 2.75) is 18.7 Å². The van der Waals surface area contributed by atoms with E-state index >= 15 is 0 Å². The SMILES string of the molecule is CC(CNCc1ccccc1N)S(C)=O. The largest absolute Gasteiger partial charge is 0.398 e. The third-order valence-corrected chi connectivity index (χ3v) is 3.67.